The van der Waals surface area contributed by atoms with Gasteiger partial charge in [-0.25, -0.2) is 4.79 Å². The zero-order chi connectivity index (χ0) is 20.4. The fraction of sp³-hybridized carbons (Fsp3) is 0.885. The maximum absolute atomic E-state index is 11.8. The summed E-state index contributed by atoms with van der Waals surface area (Å²) in [5.74, 6) is 5.13. The number of carboxylic acid groups (broad SMARTS) is 1. The number of ether oxygens (including phenoxy) is 1. The van der Waals surface area contributed by atoms with Crippen LogP contribution in [0.3, 0.4) is 0 Å². The first-order valence-electron chi connectivity index (χ1n) is 12.9. The van der Waals surface area contributed by atoms with E-state index in [1.807, 2.05) is 7.11 Å². The lowest BCUT2D eigenvalue weighted by Crippen LogP contribution is -2.48. The number of rotatable bonds is 3. The van der Waals surface area contributed by atoms with E-state index in [2.05, 4.69) is 11.0 Å². The number of methoxy groups -OCH3 is 1. The number of nitrogens with zero attached hydrogens (tertiary/aromatic N) is 1. The Hall–Kier alpha value is -0.870. The highest BCUT2D eigenvalue weighted by Gasteiger charge is 2.62. The molecule has 0 radical (unpaired) electrons. The van der Waals surface area contributed by atoms with Crippen LogP contribution in [0.1, 0.15) is 70.6 Å². The zero-order valence-corrected chi connectivity index (χ0v) is 18.5. The van der Waals surface area contributed by atoms with Gasteiger partial charge in [0.15, 0.2) is 0 Å². The molecule has 0 spiro atoms. The topological polar surface area (TPSA) is 49.8 Å². The van der Waals surface area contributed by atoms with Gasteiger partial charge in [0.25, 0.3) is 0 Å². The first-order valence-corrected chi connectivity index (χ1v) is 12.9. The Morgan fingerprint density at radius 2 is 1.83 bits per heavy atom. The first-order chi connectivity index (χ1) is 14.7. The van der Waals surface area contributed by atoms with Gasteiger partial charge in [-0.2, -0.15) is 0 Å². The van der Waals surface area contributed by atoms with Crippen LogP contribution in [0.25, 0.3) is 0 Å². The molecule has 6 rings (SSSR count). The molecule has 0 aromatic carbocycles. The van der Waals surface area contributed by atoms with E-state index in [9.17, 15) is 9.90 Å². The van der Waals surface area contributed by atoms with Gasteiger partial charge >= 0.3 is 5.97 Å². The molecule has 4 aliphatic carbocycles. The second-order valence-electron chi connectivity index (χ2n) is 11.5. The zero-order valence-electron chi connectivity index (χ0n) is 18.5. The predicted molar refractivity (Wildman–Crippen MR) is 116 cm³/mol. The van der Waals surface area contributed by atoms with Crippen LogP contribution in [0.15, 0.2) is 11.6 Å². The van der Waals surface area contributed by atoms with Crippen LogP contribution < -0.4 is 0 Å². The summed E-state index contributed by atoms with van der Waals surface area (Å²) in [7, 11) is 1.91. The molecule has 0 aromatic heterocycles. The van der Waals surface area contributed by atoms with Gasteiger partial charge in [-0.1, -0.05) is 38.2 Å². The highest BCUT2D eigenvalue weighted by molar-refractivity contribution is 5.86. The molecule has 30 heavy (non-hydrogen) atoms. The molecular formula is C26H39NO3. The summed E-state index contributed by atoms with van der Waals surface area (Å²) in [6.45, 7) is 1.25. The van der Waals surface area contributed by atoms with Crippen LogP contribution in [0.5, 0.6) is 0 Å². The van der Waals surface area contributed by atoms with Gasteiger partial charge in [-0.15, -0.1) is 0 Å². The van der Waals surface area contributed by atoms with Crippen LogP contribution in [0.2, 0.25) is 0 Å². The number of allylic oxidation sites excluding steroid dienone is 1. The maximum atomic E-state index is 11.8. The third-order valence-electron chi connectivity index (χ3n) is 10.4. The number of fused-ring (bicyclic) bond motifs is 7. The van der Waals surface area contributed by atoms with Gasteiger partial charge in [-0.05, 0) is 80.0 Å². The monoisotopic (exact) mass is 413 g/mol. The molecule has 0 amide bonds. The van der Waals surface area contributed by atoms with Crippen molar-refractivity contribution in [2.45, 2.75) is 88.8 Å². The van der Waals surface area contributed by atoms with Crippen molar-refractivity contribution in [3.05, 3.63) is 11.6 Å². The Labute approximate surface area is 181 Å². The van der Waals surface area contributed by atoms with E-state index in [0.29, 0.717) is 29.7 Å². The average Bonchev–Trinajstić information content (AvgIpc) is 3.49. The van der Waals surface area contributed by atoms with Gasteiger partial charge in [0.2, 0.25) is 0 Å². The highest BCUT2D eigenvalue weighted by Crippen LogP contribution is 2.62. The molecule has 0 aromatic rings. The SMILES string of the molecule is COC1CCC2C(C1)C1CC1CN1C3CC(C(=O)O)=CCC3C(C3CCCCC3)C21. The minimum Gasteiger partial charge on any atom is -0.478 e. The van der Waals surface area contributed by atoms with Gasteiger partial charge in [0.1, 0.15) is 0 Å². The lowest BCUT2D eigenvalue weighted by molar-refractivity contribution is -0.133. The molecular weight excluding hydrogens is 374 g/mol. The van der Waals surface area contributed by atoms with Crippen LogP contribution in [0.4, 0.5) is 0 Å². The van der Waals surface area contributed by atoms with Crippen LogP contribution in [-0.2, 0) is 9.53 Å². The summed E-state index contributed by atoms with van der Waals surface area (Å²) < 4.78 is 5.85. The van der Waals surface area contributed by atoms with E-state index in [1.54, 1.807) is 0 Å². The van der Waals surface area contributed by atoms with E-state index in [1.165, 1.54) is 64.3 Å². The Morgan fingerprint density at radius 3 is 2.60 bits per heavy atom. The van der Waals surface area contributed by atoms with Crippen LogP contribution in [-0.4, -0.2) is 47.8 Å². The van der Waals surface area contributed by atoms with Crippen molar-refractivity contribution in [3.8, 4) is 0 Å². The molecule has 3 saturated carbocycles. The largest absolute Gasteiger partial charge is 0.478 e. The normalized spacial score (nSPS) is 48.6. The third kappa shape index (κ3) is 3.11. The summed E-state index contributed by atoms with van der Waals surface area (Å²) in [6, 6.07) is 1.19. The van der Waals surface area contributed by atoms with Crippen molar-refractivity contribution in [2.75, 3.05) is 13.7 Å². The molecule has 166 valence electrons. The van der Waals surface area contributed by atoms with Gasteiger partial charge in [0, 0.05) is 31.3 Å². The molecule has 4 nitrogen and oxygen atoms in total. The van der Waals surface area contributed by atoms with E-state index in [0.717, 1.165) is 48.3 Å². The second-order valence-corrected chi connectivity index (χ2v) is 11.5. The lowest BCUT2D eigenvalue weighted by Gasteiger charge is -2.45. The maximum Gasteiger partial charge on any atom is 0.331 e. The van der Waals surface area contributed by atoms with E-state index < -0.39 is 5.97 Å². The summed E-state index contributed by atoms with van der Waals surface area (Å²) in [6.07, 6.45) is 16.7. The second kappa shape index (κ2) is 7.62. The summed E-state index contributed by atoms with van der Waals surface area (Å²) in [5, 5.41) is 9.73. The highest BCUT2D eigenvalue weighted by atomic mass is 16.5. The number of carboxylic acids is 1. The van der Waals surface area contributed by atoms with Crippen molar-refractivity contribution < 1.29 is 14.6 Å². The van der Waals surface area contributed by atoms with Gasteiger partial charge in [0.05, 0.1) is 6.10 Å². The van der Waals surface area contributed by atoms with Crippen LogP contribution in [0, 0.1) is 41.4 Å². The quantitative estimate of drug-likeness (QED) is 0.726. The summed E-state index contributed by atoms with van der Waals surface area (Å²) >= 11 is 0. The Bertz CT molecular complexity index is 713. The minimum atomic E-state index is -0.677. The van der Waals surface area contributed by atoms with E-state index in [4.69, 9.17) is 4.74 Å². The molecule has 5 fully saturated rings. The number of hydrogen-bond acceptors (Lipinski definition) is 3. The van der Waals surface area contributed by atoms with Crippen molar-refractivity contribution in [2.24, 2.45) is 41.4 Å². The Morgan fingerprint density at radius 1 is 1.00 bits per heavy atom. The molecule has 2 saturated heterocycles. The lowest BCUT2D eigenvalue weighted by atomic mass is 9.63. The number of aliphatic carboxylic acids is 1. The molecule has 6 aliphatic rings. The average molecular weight is 414 g/mol. The number of hydrogen-bond donors (Lipinski definition) is 1. The number of carbonyl (C=O) groups is 1. The van der Waals surface area contributed by atoms with Crippen molar-refractivity contribution >= 4 is 5.97 Å². The fourth-order valence-electron chi connectivity index (χ4n) is 9.07. The van der Waals surface area contributed by atoms with Crippen molar-refractivity contribution in [1.29, 1.82) is 0 Å². The predicted octanol–water partition coefficient (Wildman–Crippen LogP) is 4.74. The third-order valence-corrected chi connectivity index (χ3v) is 10.4. The first kappa shape index (κ1) is 19.8. The van der Waals surface area contributed by atoms with Crippen LogP contribution >= 0.6 is 0 Å². The summed E-state index contributed by atoms with van der Waals surface area (Å²) in [4.78, 5) is 14.7. The van der Waals surface area contributed by atoms with Crippen molar-refractivity contribution in [3.63, 3.8) is 0 Å². The molecule has 2 heterocycles. The molecule has 2 aliphatic heterocycles. The molecule has 9 unspecified atom stereocenters. The molecule has 4 heteroatoms. The Balaban J connectivity index is 1.36. The Kier molecular flexibility index (Phi) is 5.03. The fourth-order valence-corrected chi connectivity index (χ4v) is 9.07. The summed E-state index contributed by atoms with van der Waals surface area (Å²) in [5.41, 5.74) is 0.690. The van der Waals surface area contributed by atoms with Gasteiger partial charge in [-0.3, -0.25) is 4.90 Å². The van der Waals surface area contributed by atoms with Crippen molar-refractivity contribution in [1.82, 2.24) is 4.90 Å². The minimum absolute atomic E-state index is 0.469. The molecule has 1 N–H and O–H groups in total. The van der Waals surface area contributed by atoms with Gasteiger partial charge < -0.3 is 9.84 Å². The van der Waals surface area contributed by atoms with E-state index in [-0.39, 0.29) is 0 Å². The molecule has 9 atom stereocenters. The smallest absolute Gasteiger partial charge is 0.331 e. The van der Waals surface area contributed by atoms with E-state index >= 15 is 0 Å². The molecule has 0 bridgehead atoms. The standard InChI is InChI=1S/C26H39NO3/c1-30-18-8-10-19-22(13-18)21-11-17(21)14-27-23-12-16(26(28)29)7-9-20(23)24(25(19)27)15-5-3-2-4-6-15/h7,15,17-25H,2-6,8-14H2,1H3,(H,28,29).